The van der Waals surface area contributed by atoms with Gasteiger partial charge in [-0.05, 0) is 37.8 Å². The maximum Gasteiger partial charge on any atom is 0.231 e. The van der Waals surface area contributed by atoms with Crippen molar-refractivity contribution in [2.24, 2.45) is 5.92 Å². The van der Waals surface area contributed by atoms with Crippen LogP contribution >= 0.6 is 11.6 Å². The summed E-state index contributed by atoms with van der Waals surface area (Å²) >= 11 is 6.06. The molecule has 2 aliphatic rings. The summed E-state index contributed by atoms with van der Waals surface area (Å²) in [5.74, 6) is 2.15. The summed E-state index contributed by atoms with van der Waals surface area (Å²) in [7, 11) is 0. The molecule has 9 nitrogen and oxygen atoms in total. The smallest absolute Gasteiger partial charge is 0.231 e. The first kappa shape index (κ1) is 22.0. The summed E-state index contributed by atoms with van der Waals surface area (Å²) in [6.07, 6.45) is 7.62. The average molecular weight is 492 g/mol. The molecule has 4 aromatic rings. The van der Waals surface area contributed by atoms with E-state index in [1.54, 1.807) is 18.5 Å². The zero-order valence-electron chi connectivity index (χ0n) is 19.3. The van der Waals surface area contributed by atoms with E-state index in [0.717, 1.165) is 73.7 Å². The first-order valence-electron chi connectivity index (χ1n) is 12.1. The molecule has 6 rings (SSSR count). The molecule has 0 bridgehead atoms. The molecule has 0 saturated carbocycles. The van der Waals surface area contributed by atoms with E-state index in [4.69, 9.17) is 21.1 Å². The third-order valence-electron chi connectivity index (χ3n) is 6.92. The van der Waals surface area contributed by atoms with Gasteiger partial charge >= 0.3 is 0 Å². The molecule has 1 saturated heterocycles. The lowest BCUT2D eigenvalue weighted by Gasteiger charge is -2.31. The Balaban J connectivity index is 1.12. The summed E-state index contributed by atoms with van der Waals surface area (Å²) in [5.41, 5.74) is 3.27. The van der Waals surface area contributed by atoms with Gasteiger partial charge in [0.05, 0.1) is 0 Å². The second kappa shape index (κ2) is 9.30. The first-order chi connectivity index (χ1) is 17.2. The number of nitrogens with one attached hydrogen (secondary N) is 1. The van der Waals surface area contributed by atoms with Crippen LogP contribution in [0.5, 0.6) is 0 Å². The van der Waals surface area contributed by atoms with Crippen LogP contribution < -0.4 is 10.2 Å². The summed E-state index contributed by atoms with van der Waals surface area (Å²) in [5, 5.41) is 7.56. The predicted octanol–water partition coefficient (Wildman–Crippen LogP) is 4.72. The average Bonchev–Trinajstić information content (AvgIpc) is 3.41. The summed E-state index contributed by atoms with van der Waals surface area (Å²) < 4.78 is 7.60. The number of carbonyl (C=O) groups excluding carboxylic acids is 1. The second-order valence-corrected chi connectivity index (χ2v) is 9.63. The van der Waals surface area contributed by atoms with Crippen molar-refractivity contribution in [1.82, 2.24) is 24.7 Å². The van der Waals surface area contributed by atoms with Gasteiger partial charge in [0, 0.05) is 48.6 Å². The van der Waals surface area contributed by atoms with E-state index >= 15 is 0 Å². The number of carbonyl (C=O) groups is 1. The molecule has 1 N–H and O–H groups in total. The van der Waals surface area contributed by atoms with Crippen LogP contribution in [0.1, 0.15) is 37.9 Å². The molecule has 1 aromatic carbocycles. The minimum atomic E-state index is -0.109. The normalized spacial score (nSPS) is 16.8. The molecule has 0 radical (unpaired) electrons. The molecule has 1 fully saturated rings. The van der Waals surface area contributed by atoms with E-state index in [0.29, 0.717) is 16.6 Å². The number of nitrogens with zero attached hydrogens (tertiary/aromatic N) is 6. The fraction of sp³-hybridized carbons (Fsp3) is 0.400. The predicted molar refractivity (Wildman–Crippen MR) is 133 cm³/mol. The standard InChI is InChI=1S/C25H26ClN7O2/c26-18-6-4-5-17(13-18)19-14-21(35-31-19)30-25(34)16-8-11-32(12-9-16)23-22-24(28-15-27-23)33-10-3-1-2-7-20(33)29-22/h4-6,13-16H,1-3,7-12H2,(H,30,34). The van der Waals surface area contributed by atoms with Crippen molar-refractivity contribution in [2.45, 2.75) is 45.1 Å². The highest BCUT2D eigenvalue weighted by Gasteiger charge is 2.28. The van der Waals surface area contributed by atoms with Gasteiger partial charge in [-0.2, -0.15) is 0 Å². The van der Waals surface area contributed by atoms with Crippen LogP contribution in [0.2, 0.25) is 5.02 Å². The number of aryl methyl sites for hydroxylation is 2. The Morgan fingerprint density at radius 1 is 1.09 bits per heavy atom. The fourth-order valence-corrected chi connectivity index (χ4v) is 5.24. The number of benzene rings is 1. The van der Waals surface area contributed by atoms with E-state index in [2.05, 4.69) is 29.9 Å². The summed E-state index contributed by atoms with van der Waals surface area (Å²) in [6, 6.07) is 9.08. The van der Waals surface area contributed by atoms with Gasteiger partial charge in [0.2, 0.25) is 11.8 Å². The topological polar surface area (TPSA) is 102 Å². The molecule has 180 valence electrons. The lowest BCUT2D eigenvalue weighted by atomic mass is 9.96. The second-order valence-electron chi connectivity index (χ2n) is 9.20. The Bertz CT molecular complexity index is 1370. The summed E-state index contributed by atoms with van der Waals surface area (Å²) in [4.78, 5) is 29.2. The maximum atomic E-state index is 12.9. The minimum Gasteiger partial charge on any atom is -0.355 e. The third kappa shape index (κ3) is 4.36. The van der Waals surface area contributed by atoms with E-state index < -0.39 is 0 Å². The first-order valence-corrected chi connectivity index (χ1v) is 12.5. The van der Waals surface area contributed by atoms with Crippen molar-refractivity contribution < 1.29 is 9.32 Å². The fourth-order valence-electron chi connectivity index (χ4n) is 5.05. The Labute approximate surface area is 207 Å². The molecule has 5 heterocycles. The molecule has 10 heteroatoms. The van der Waals surface area contributed by atoms with Gasteiger partial charge in [-0.3, -0.25) is 10.1 Å². The quantitative estimate of drug-likeness (QED) is 0.440. The molecule has 1 amide bonds. The Morgan fingerprint density at radius 2 is 1.97 bits per heavy atom. The highest BCUT2D eigenvalue weighted by atomic mass is 35.5. The molecule has 0 atom stereocenters. The van der Waals surface area contributed by atoms with Gasteiger partial charge in [0.1, 0.15) is 17.8 Å². The lowest BCUT2D eigenvalue weighted by molar-refractivity contribution is -0.120. The molecular weight excluding hydrogens is 466 g/mol. The lowest BCUT2D eigenvalue weighted by Crippen LogP contribution is -2.38. The van der Waals surface area contributed by atoms with Crippen molar-refractivity contribution in [3.8, 4) is 11.3 Å². The van der Waals surface area contributed by atoms with Gasteiger partial charge in [-0.15, -0.1) is 0 Å². The zero-order valence-corrected chi connectivity index (χ0v) is 20.0. The zero-order chi connectivity index (χ0) is 23.8. The van der Waals surface area contributed by atoms with Crippen molar-refractivity contribution in [3.63, 3.8) is 0 Å². The van der Waals surface area contributed by atoms with Gasteiger partial charge < -0.3 is 14.0 Å². The molecule has 0 spiro atoms. The van der Waals surface area contributed by atoms with E-state index in [1.165, 1.54) is 12.8 Å². The number of anilines is 2. The van der Waals surface area contributed by atoms with Crippen LogP contribution in [0, 0.1) is 5.92 Å². The minimum absolute atomic E-state index is 0.0556. The highest BCUT2D eigenvalue weighted by molar-refractivity contribution is 6.30. The molecule has 0 unspecified atom stereocenters. The van der Waals surface area contributed by atoms with Crippen molar-refractivity contribution in [3.05, 3.63) is 47.5 Å². The van der Waals surface area contributed by atoms with Crippen molar-refractivity contribution in [2.75, 3.05) is 23.3 Å². The number of piperidine rings is 1. The molecule has 35 heavy (non-hydrogen) atoms. The molecule has 2 aliphatic heterocycles. The molecular formula is C25H26ClN7O2. The van der Waals surface area contributed by atoms with Crippen molar-refractivity contribution in [1.29, 1.82) is 0 Å². The van der Waals surface area contributed by atoms with Gasteiger partial charge in [0.15, 0.2) is 17.0 Å². The van der Waals surface area contributed by atoms with E-state index in [9.17, 15) is 4.79 Å². The van der Waals surface area contributed by atoms with Crippen LogP contribution in [0.15, 0.2) is 41.2 Å². The molecule has 0 aliphatic carbocycles. The number of rotatable bonds is 4. The van der Waals surface area contributed by atoms with Gasteiger partial charge in [-0.25, -0.2) is 15.0 Å². The number of halogens is 1. The number of amides is 1. The van der Waals surface area contributed by atoms with Crippen molar-refractivity contribution >= 4 is 40.4 Å². The van der Waals surface area contributed by atoms with Crippen LogP contribution in [0.25, 0.3) is 22.4 Å². The van der Waals surface area contributed by atoms with Crippen LogP contribution in [-0.2, 0) is 17.8 Å². The number of aromatic nitrogens is 5. The Hall–Kier alpha value is -3.46. The number of hydrogen-bond donors (Lipinski definition) is 1. The maximum absolute atomic E-state index is 12.9. The van der Waals surface area contributed by atoms with Gasteiger partial charge in [-0.1, -0.05) is 35.3 Å². The SMILES string of the molecule is O=C(Nc1cc(-c2cccc(Cl)c2)no1)C1CCN(c2ncnc3c2nc2n3CCCCC2)CC1. The number of hydrogen-bond acceptors (Lipinski definition) is 7. The van der Waals surface area contributed by atoms with Crippen LogP contribution in [-0.4, -0.2) is 43.7 Å². The largest absolute Gasteiger partial charge is 0.355 e. The highest BCUT2D eigenvalue weighted by Crippen LogP contribution is 2.30. The number of imidazole rings is 1. The summed E-state index contributed by atoms with van der Waals surface area (Å²) in [6.45, 7) is 2.43. The van der Waals surface area contributed by atoms with E-state index in [-0.39, 0.29) is 11.8 Å². The third-order valence-corrected chi connectivity index (χ3v) is 7.15. The Kier molecular flexibility index (Phi) is 5.85. The number of fused-ring (bicyclic) bond motifs is 3. The van der Waals surface area contributed by atoms with Crippen LogP contribution in [0.3, 0.4) is 0 Å². The van der Waals surface area contributed by atoms with Gasteiger partial charge in [0.25, 0.3) is 0 Å². The van der Waals surface area contributed by atoms with Crippen LogP contribution in [0.4, 0.5) is 11.7 Å². The monoisotopic (exact) mass is 491 g/mol. The molecule has 3 aromatic heterocycles. The Morgan fingerprint density at radius 3 is 2.83 bits per heavy atom. The van der Waals surface area contributed by atoms with E-state index in [1.807, 2.05) is 18.2 Å².